The molecule has 0 aromatic carbocycles. The van der Waals surface area contributed by atoms with E-state index < -0.39 is 11.2 Å². The lowest BCUT2D eigenvalue weighted by molar-refractivity contribution is 0.0229. The molecule has 2 amide bonds. The molecule has 0 spiro atoms. The second kappa shape index (κ2) is 8.00. The van der Waals surface area contributed by atoms with Gasteiger partial charge in [0, 0.05) is 12.6 Å². The van der Waals surface area contributed by atoms with Gasteiger partial charge >= 0.3 is 12.2 Å². The molecule has 150 valence electrons. The molecule has 0 aliphatic carbocycles. The molecule has 3 heterocycles. The Morgan fingerprint density at radius 1 is 1.04 bits per heavy atom. The molecule has 3 saturated heterocycles. The molecule has 2 N–H and O–H groups in total. The molecule has 3 rings (SSSR count). The number of fused-ring (bicyclic) bond motifs is 1. The van der Waals surface area contributed by atoms with Gasteiger partial charge in [0.2, 0.25) is 0 Å². The van der Waals surface area contributed by atoms with Crippen LogP contribution in [0.4, 0.5) is 9.59 Å². The van der Waals surface area contributed by atoms with Crippen molar-refractivity contribution in [2.45, 2.75) is 77.4 Å². The van der Waals surface area contributed by atoms with E-state index in [1.54, 1.807) is 4.90 Å². The quantitative estimate of drug-likeness (QED) is 0.684. The van der Waals surface area contributed by atoms with Crippen molar-refractivity contribution < 1.29 is 23.8 Å². The van der Waals surface area contributed by atoms with Crippen molar-refractivity contribution in [2.75, 3.05) is 26.2 Å². The number of epoxide rings is 1. The van der Waals surface area contributed by atoms with Gasteiger partial charge < -0.3 is 29.7 Å². The second-order valence-corrected chi connectivity index (χ2v) is 8.93. The summed E-state index contributed by atoms with van der Waals surface area (Å²) in [6.45, 7) is 14.4. The highest BCUT2D eigenvalue weighted by atomic mass is 16.6. The minimum atomic E-state index is -0.407. The Labute approximate surface area is 155 Å². The molecule has 8 heteroatoms. The fourth-order valence-corrected chi connectivity index (χ4v) is 2.74. The van der Waals surface area contributed by atoms with Gasteiger partial charge in [-0.25, -0.2) is 9.59 Å². The van der Waals surface area contributed by atoms with Crippen molar-refractivity contribution in [2.24, 2.45) is 0 Å². The van der Waals surface area contributed by atoms with Crippen LogP contribution in [0.15, 0.2) is 0 Å². The van der Waals surface area contributed by atoms with Crippen LogP contribution in [0.1, 0.15) is 48.0 Å². The SMILES string of the molecule is CC(C)(C)OC(=O)N1CC2OC2C1.CC(C)(C)OC(=O)N[C@H]1CCNC1. The zero-order valence-electron chi connectivity index (χ0n) is 16.8. The fraction of sp³-hybridized carbons (Fsp3) is 0.889. The minimum Gasteiger partial charge on any atom is -0.444 e. The van der Waals surface area contributed by atoms with E-state index in [4.69, 9.17) is 14.2 Å². The maximum atomic E-state index is 11.5. The van der Waals surface area contributed by atoms with Gasteiger partial charge in [0.1, 0.15) is 23.4 Å². The van der Waals surface area contributed by atoms with E-state index in [1.165, 1.54) is 0 Å². The molecule has 0 aromatic heterocycles. The van der Waals surface area contributed by atoms with Crippen LogP contribution in [0.25, 0.3) is 0 Å². The smallest absolute Gasteiger partial charge is 0.410 e. The number of carbonyl (C=O) groups excluding carboxylic acids is 2. The van der Waals surface area contributed by atoms with Crippen molar-refractivity contribution in [1.82, 2.24) is 15.5 Å². The number of likely N-dealkylation sites (tertiary alicyclic amines) is 1. The zero-order valence-corrected chi connectivity index (χ0v) is 16.8. The highest BCUT2D eigenvalue weighted by molar-refractivity contribution is 5.69. The van der Waals surface area contributed by atoms with E-state index in [0.29, 0.717) is 13.1 Å². The average molecular weight is 371 g/mol. The van der Waals surface area contributed by atoms with Crippen molar-refractivity contribution in [3.63, 3.8) is 0 Å². The van der Waals surface area contributed by atoms with Crippen LogP contribution in [0.5, 0.6) is 0 Å². The van der Waals surface area contributed by atoms with Gasteiger partial charge in [0.15, 0.2) is 0 Å². The van der Waals surface area contributed by atoms with Crippen molar-refractivity contribution in [3.8, 4) is 0 Å². The molecule has 3 fully saturated rings. The largest absolute Gasteiger partial charge is 0.444 e. The topological polar surface area (TPSA) is 92.4 Å². The summed E-state index contributed by atoms with van der Waals surface area (Å²) < 4.78 is 15.6. The van der Waals surface area contributed by atoms with Crippen LogP contribution in [0, 0.1) is 0 Å². The number of amides is 2. The van der Waals surface area contributed by atoms with E-state index in [9.17, 15) is 9.59 Å². The Balaban J connectivity index is 0.000000187. The number of rotatable bonds is 1. The lowest BCUT2D eigenvalue weighted by atomic mass is 10.2. The number of ether oxygens (including phenoxy) is 3. The first kappa shape index (κ1) is 20.8. The summed E-state index contributed by atoms with van der Waals surface area (Å²) in [6, 6.07) is 0.231. The summed E-state index contributed by atoms with van der Waals surface area (Å²) in [7, 11) is 0. The Kier molecular flexibility index (Phi) is 6.39. The number of hydrogen-bond acceptors (Lipinski definition) is 6. The van der Waals surface area contributed by atoms with Gasteiger partial charge in [-0.2, -0.15) is 0 Å². The van der Waals surface area contributed by atoms with E-state index in [-0.39, 0.29) is 30.4 Å². The summed E-state index contributed by atoms with van der Waals surface area (Å²) in [6.07, 6.45) is 1.02. The number of nitrogens with one attached hydrogen (secondary N) is 2. The second-order valence-electron chi connectivity index (χ2n) is 8.93. The predicted octanol–water partition coefficient (Wildman–Crippen LogP) is 1.88. The summed E-state index contributed by atoms with van der Waals surface area (Å²) >= 11 is 0. The van der Waals surface area contributed by atoms with E-state index in [0.717, 1.165) is 19.5 Å². The van der Waals surface area contributed by atoms with Crippen LogP contribution < -0.4 is 10.6 Å². The normalized spacial score (nSPS) is 27.2. The molecule has 0 aromatic rings. The lowest BCUT2D eigenvalue weighted by Gasteiger charge is -2.24. The third kappa shape index (κ3) is 7.37. The van der Waals surface area contributed by atoms with Gasteiger partial charge in [0.05, 0.1) is 13.1 Å². The molecule has 0 saturated carbocycles. The summed E-state index contributed by atoms with van der Waals surface area (Å²) in [5, 5.41) is 5.98. The molecule has 3 aliphatic rings. The predicted molar refractivity (Wildman–Crippen MR) is 97.1 cm³/mol. The number of alkyl carbamates (subject to hydrolysis) is 1. The molecule has 3 aliphatic heterocycles. The summed E-state index contributed by atoms with van der Waals surface area (Å²) in [5.41, 5.74) is -0.805. The van der Waals surface area contributed by atoms with Crippen LogP contribution in [0.3, 0.4) is 0 Å². The maximum Gasteiger partial charge on any atom is 0.410 e. The van der Waals surface area contributed by atoms with Crippen LogP contribution in [0.2, 0.25) is 0 Å². The fourth-order valence-electron chi connectivity index (χ4n) is 2.74. The van der Waals surface area contributed by atoms with E-state index in [2.05, 4.69) is 10.6 Å². The Hall–Kier alpha value is -1.54. The molecule has 0 radical (unpaired) electrons. The van der Waals surface area contributed by atoms with Crippen LogP contribution in [-0.4, -0.2) is 72.7 Å². The molecule has 26 heavy (non-hydrogen) atoms. The van der Waals surface area contributed by atoms with Crippen molar-refractivity contribution in [3.05, 3.63) is 0 Å². The van der Waals surface area contributed by atoms with Gasteiger partial charge in [-0.1, -0.05) is 0 Å². The Morgan fingerprint density at radius 2 is 1.62 bits per heavy atom. The third-order valence-corrected chi connectivity index (χ3v) is 3.92. The highest BCUT2D eigenvalue weighted by Crippen LogP contribution is 2.31. The van der Waals surface area contributed by atoms with Gasteiger partial charge in [0.25, 0.3) is 0 Å². The van der Waals surface area contributed by atoms with Crippen molar-refractivity contribution in [1.29, 1.82) is 0 Å². The minimum absolute atomic E-state index is 0.219. The number of carbonyl (C=O) groups is 2. The number of hydrogen-bond donors (Lipinski definition) is 2. The first-order chi connectivity index (χ1) is 11.9. The summed E-state index contributed by atoms with van der Waals surface area (Å²) in [4.78, 5) is 24.4. The monoisotopic (exact) mass is 371 g/mol. The molecule has 2 unspecified atom stereocenters. The van der Waals surface area contributed by atoms with E-state index in [1.807, 2.05) is 41.5 Å². The Morgan fingerprint density at radius 3 is 2.08 bits per heavy atom. The third-order valence-electron chi connectivity index (χ3n) is 3.92. The maximum absolute atomic E-state index is 11.5. The first-order valence-electron chi connectivity index (χ1n) is 9.26. The van der Waals surface area contributed by atoms with Gasteiger partial charge in [-0.05, 0) is 54.5 Å². The Bertz CT molecular complexity index is 496. The van der Waals surface area contributed by atoms with Crippen molar-refractivity contribution >= 4 is 12.2 Å². The average Bonchev–Trinajstić information content (AvgIpc) is 2.86. The van der Waals surface area contributed by atoms with E-state index >= 15 is 0 Å². The van der Waals surface area contributed by atoms with Crippen LogP contribution >= 0.6 is 0 Å². The first-order valence-corrected chi connectivity index (χ1v) is 9.26. The molecule has 0 bridgehead atoms. The number of nitrogens with zero attached hydrogens (tertiary/aromatic N) is 1. The molecule has 3 atom stereocenters. The molecular formula is C18H33N3O5. The van der Waals surface area contributed by atoms with Crippen LogP contribution in [-0.2, 0) is 14.2 Å². The van der Waals surface area contributed by atoms with Gasteiger partial charge in [-0.15, -0.1) is 0 Å². The summed E-state index contributed by atoms with van der Waals surface area (Å²) in [5.74, 6) is 0. The molecular weight excluding hydrogens is 338 g/mol. The standard InChI is InChI=1S/C9H18N2O2.C9H15NO3/c1-9(2,3)13-8(12)11-7-4-5-10-6-7;1-9(2,3)13-8(11)10-4-6-7(5-10)12-6/h7,10H,4-6H2,1-3H3,(H,11,12);6-7H,4-5H2,1-3H3/t7-;/m0./s1. The molecule has 8 nitrogen and oxygen atoms in total. The lowest BCUT2D eigenvalue weighted by Crippen LogP contribution is -2.40. The number of morpholine rings is 1. The zero-order chi connectivity index (χ0) is 19.5. The van der Waals surface area contributed by atoms with Gasteiger partial charge in [-0.3, -0.25) is 0 Å². The highest BCUT2D eigenvalue weighted by Gasteiger charge is 2.49.